The van der Waals surface area contributed by atoms with Crippen LogP contribution in [0.2, 0.25) is 0 Å². The molecule has 2 rings (SSSR count). The van der Waals surface area contributed by atoms with Crippen molar-refractivity contribution in [2.24, 2.45) is 0 Å². The van der Waals surface area contributed by atoms with Crippen LogP contribution in [0.15, 0.2) is 6.07 Å². The number of nitrogens with one attached hydrogen (secondary N) is 1. The molecule has 1 atom stereocenters. The maximum Gasteiger partial charge on any atom is 0.159 e. The minimum atomic E-state index is 0.0195. The van der Waals surface area contributed by atoms with Gasteiger partial charge in [-0.3, -0.25) is 0 Å². The number of hydrogen-bond donors (Lipinski definition) is 1. The van der Waals surface area contributed by atoms with Crippen molar-refractivity contribution in [1.82, 2.24) is 9.97 Å². The fourth-order valence-electron chi connectivity index (χ4n) is 2.07. The van der Waals surface area contributed by atoms with Crippen molar-refractivity contribution in [2.75, 3.05) is 18.5 Å². The predicted octanol–water partition coefficient (Wildman–Crippen LogP) is 3.27. The first kappa shape index (κ1) is 13.3. The molecule has 1 saturated carbocycles. The molecule has 1 aliphatic carbocycles. The molecule has 1 aromatic rings. The van der Waals surface area contributed by atoms with E-state index in [1.807, 2.05) is 6.92 Å². The molecule has 0 amide bonds. The smallest absolute Gasteiger partial charge is 0.159 e. The molecule has 0 spiro atoms. The van der Waals surface area contributed by atoms with Crippen LogP contribution < -0.4 is 5.32 Å². The first-order valence-corrected chi connectivity index (χ1v) is 7.02. The average molecular weight is 249 g/mol. The van der Waals surface area contributed by atoms with E-state index in [4.69, 9.17) is 9.72 Å². The summed E-state index contributed by atoms with van der Waals surface area (Å²) in [6, 6.07) is 2.09. The largest absolute Gasteiger partial charge is 0.371 e. The molecule has 1 fully saturated rings. The molecule has 4 heteroatoms. The Bertz CT molecular complexity index is 391. The zero-order valence-corrected chi connectivity index (χ0v) is 11.6. The summed E-state index contributed by atoms with van der Waals surface area (Å²) < 4.78 is 5.71. The zero-order valence-electron chi connectivity index (χ0n) is 11.6. The van der Waals surface area contributed by atoms with Crippen LogP contribution in [0, 0.1) is 0 Å². The van der Waals surface area contributed by atoms with Crippen LogP contribution in [0.5, 0.6) is 0 Å². The van der Waals surface area contributed by atoms with Crippen molar-refractivity contribution in [3.8, 4) is 0 Å². The lowest BCUT2D eigenvalue weighted by atomic mass is 10.2. The first-order valence-electron chi connectivity index (χ1n) is 7.02. The lowest BCUT2D eigenvalue weighted by Crippen LogP contribution is -2.12. The molecule has 0 aliphatic heterocycles. The molecule has 0 bridgehead atoms. The third-order valence-electron chi connectivity index (χ3n) is 3.14. The van der Waals surface area contributed by atoms with Crippen molar-refractivity contribution >= 4 is 5.82 Å². The number of aromatic nitrogens is 2. The molecule has 4 nitrogen and oxygen atoms in total. The van der Waals surface area contributed by atoms with Crippen LogP contribution in [0.1, 0.15) is 63.6 Å². The van der Waals surface area contributed by atoms with Crippen molar-refractivity contribution < 1.29 is 4.74 Å². The Hall–Kier alpha value is -1.16. The molecular formula is C14H23N3O. The van der Waals surface area contributed by atoms with Crippen LogP contribution >= 0.6 is 0 Å². The molecule has 0 aromatic carbocycles. The van der Waals surface area contributed by atoms with E-state index < -0.39 is 0 Å². The highest BCUT2D eigenvalue weighted by atomic mass is 16.5. The van der Waals surface area contributed by atoms with Gasteiger partial charge in [0.15, 0.2) is 5.82 Å². The van der Waals surface area contributed by atoms with Crippen LogP contribution in [0.3, 0.4) is 0 Å². The van der Waals surface area contributed by atoms with Crippen LogP contribution in [0.4, 0.5) is 5.82 Å². The molecule has 1 aliphatic rings. The van der Waals surface area contributed by atoms with E-state index in [0.29, 0.717) is 12.5 Å². The monoisotopic (exact) mass is 249 g/mol. The number of hydrogen-bond acceptors (Lipinski definition) is 4. The average Bonchev–Trinajstić information content (AvgIpc) is 3.20. The summed E-state index contributed by atoms with van der Waals surface area (Å²) in [5, 5.41) is 3.29. The van der Waals surface area contributed by atoms with Gasteiger partial charge in [-0.1, -0.05) is 6.92 Å². The number of anilines is 1. The van der Waals surface area contributed by atoms with Gasteiger partial charge in [0.25, 0.3) is 0 Å². The fraction of sp³-hybridized carbons (Fsp3) is 0.714. The maximum absolute atomic E-state index is 5.71. The molecule has 0 radical (unpaired) electrons. The lowest BCUT2D eigenvalue weighted by Gasteiger charge is -2.16. The third-order valence-corrected chi connectivity index (χ3v) is 3.14. The number of ether oxygens (including phenoxy) is 1. The molecule has 1 aromatic heterocycles. The normalized spacial score (nSPS) is 16.6. The molecule has 18 heavy (non-hydrogen) atoms. The minimum Gasteiger partial charge on any atom is -0.371 e. The summed E-state index contributed by atoms with van der Waals surface area (Å²) in [5.41, 5.74) is 1.18. The summed E-state index contributed by atoms with van der Waals surface area (Å²) >= 11 is 0. The zero-order chi connectivity index (χ0) is 13.0. The van der Waals surface area contributed by atoms with Crippen LogP contribution in [-0.2, 0) is 4.74 Å². The predicted molar refractivity (Wildman–Crippen MR) is 72.8 cm³/mol. The SMILES string of the molecule is CCNc1cc(C2CC2)nc(C(CC)OCC)n1. The Labute approximate surface area is 109 Å². The number of nitrogens with zero attached hydrogens (tertiary/aromatic N) is 2. The van der Waals surface area contributed by atoms with Gasteiger partial charge in [0.1, 0.15) is 11.9 Å². The van der Waals surface area contributed by atoms with Crippen molar-refractivity contribution in [3.63, 3.8) is 0 Å². The van der Waals surface area contributed by atoms with E-state index in [9.17, 15) is 0 Å². The van der Waals surface area contributed by atoms with E-state index >= 15 is 0 Å². The van der Waals surface area contributed by atoms with E-state index in [1.54, 1.807) is 0 Å². The molecule has 100 valence electrons. The lowest BCUT2D eigenvalue weighted by molar-refractivity contribution is 0.0534. The summed E-state index contributed by atoms with van der Waals surface area (Å²) in [4.78, 5) is 9.27. The highest BCUT2D eigenvalue weighted by Crippen LogP contribution is 2.40. The Morgan fingerprint density at radius 2 is 2.11 bits per heavy atom. The highest BCUT2D eigenvalue weighted by molar-refractivity contribution is 5.38. The quantitative estimate of drug-likeness (QED) is 0.805. The molecular weight excluding hydrogens is 226 g/mol. The van der Waals surface area contributed by atoms with Crippen LogP contribution in [0.25, 0.3) is 0 Å². The fourth-order valence-corrected chi connectivity index (χ4v) is 2.07. The Kier molecular flexibility index (Phi) is 4.53. The second-order valence-corrected chi connectivity index (χ2v) is 4.69. The molecule has 1 unspecified atom stereocenters. The van der Waals surface area contributed by atoms with E-state index in [-0.39, 0.29) is 6.10 Å². The van der Waals surface area contributed by atoms with Gasteiger partial charge in [-0.2, -0.15) is 0 Å². The third kappa shape index (κ3) is 3.19. The second kappa shape index (κ2) is 6.14. The van der Waals surface area contributed by atoms with Crippen molar-refractivity contribution in [1.29, 1.82) is 0 Å². The standard InChI is InChI=1S/C14H23N3O/c1-4-12(18-6-3)14-16-11(10-7-8-10)9-13(17-14)15-5-2/h9-10,12H,4-8H2,1-3H3,(H,15,16,17). The van der Waals surface area contributed by atoms with Crippen molar-refractivity contribution in [3.05, 3.63) is 17.6 Å². The van der Waals surface area contributed by atoms with E-state index in [2.05, 4.69) is 30.2 Å². The molecule has 1 N–H and O–H groups in total. The van der Waals surface area contributed by atoms with E-state index in [1.165, 1.54) is 18.5 Å². The van der Waals surface area contributed by atoms with Gasteiger partial charge in [-0.05, 0) is 33.1 Å². The summed E-state index contributed by atoms with van der Waals surface area (Å²) in [7, 11) is 0. The second-order valence-electron chi connectivity index (χ2n) is 4.69. The van der Waals surface area contributed by atoms with Crippen molar-refractivity contribution in [2.45, 2.75) is 52.1 Å². The molecule has 0 saturated heterocycles. The number of rotatable bonds is 7. The Morgan fingerprint density at radius 1 is 1.33 bits per heavy atom. The van der Waals surface area contributed by atoms with E-state index in [0.717, 1.165) is 24.6 Å². The van der Waals surface area contributed by atoms with Gasteiger partial charge in [-0.25, -0.2) is 9.97 Å². The Balaban J connectivity index is 2.26. The van der Waals surface area contributed by atoms with Gasteiger partial charge in [0.2, 0.25) is 0 Å². The van der Waals surface area contributed by atoms with Gasteiger partial charge in [-0.15, -0.1) is 0 Å². The van der Waals surface area contributed by atoms with Gasteiger partial charge < -0.3 is 10.1 Å². The summed E-state index contributed by atoms with van der Waals surface area (Å²) in [5.74, 6) is 2.41. The maximum atomic E-state index is 5.71. The Morgan fingerprint density at radius 3 is 2.67 bits per heavy atom. The minimum absolute atomic E-state index is 0.0195. The van der Waals surface area contributed by atoms with Gasteiger partial charge in [0.05, 0.1) is 0 Å². The van der Waals surface area contributed by atoms with Gasteiger partial charge >= 0.3 is 0 Å². The first-order chi connectivity index (χ1) is 8.78. The summed E-state index contributed by atoms with van der Waals surface area (Å²) in [6.07, 6.45) is 3.44. The van der Waals surface area contributed by atoms with Gasteiger partial charge in [0, 0.05) is 30.8 Å². The van der Waals surface area contributed by atoms with Crippen LogP contribution in [-0.4, -0.2) is 23.1 Å². The topological polar surface area (TPSA) is 47.0 Å². The summed E-state index contributed by atoms with van der Waals surface area (Å²) in [6.45, 7) is 7.79. The molecule has 1 heterocycles. The highest BCUT2D eigenvalue weighted by Gasteiger charge is 2.27.